The molecule has 3 heterocycles. The summed E-state index contributed by atoms with van der Waals surface area (Å²) in [6.07, 6.45) is 4.19. The topological polar surface area (TPSA) is 98.2 Å². The van der Waals surface area contributed by atoms with Crippen molar-refractivity contribution in [3.63, 3.8) is 0 Å². The van der Waals surface area contributed by atoms with E-state index in [4.69, 9.17) is 19.6 Å². The maximum atomic E-state index is 11.9. The molecule has 1 fully saturated rings. The monoisotopic (exact) mass is 356 g/mol. The lowest BCUT2D eigenvalue weighted by Crippen LogP contribution is -2.70. The van der Waals surface area contributed by atoms with Crippen LogP contribution in [-0.2, 0) is 9.53 Å². The summed E-state index contributed by atoms with van der Waals surface area (Å²) in [7, 11) is 0. The van der Waals surface area contributed by atoms with Crippen molar-refractivity contribution in [2.75, 3.05) is 19.8 Å². The first-order valence-electron chi connectivity index (χ1n) is 8.34. The van der Waals surface area contributed by atoms with Crippen molar-refractivity contribution in [2.24, 2.45) is 5.73 Å². The molecule has 1 aromatic carbocycles. The van der Waals surface area contributed by atoms with Gasteiger partial charge in [-0.2, -0.15) is 0 Å². The zero-order valence-electron chi connectivity index (χ0n) is 14.3. The van der Waals surface area contributed by atoms with E-state index in [1.54, 1.807) is 23.3 Å². The Morgan fingerprint density at radius 3 is 2.92 bits per heavy atom. The van der Waals surface area contributed by atoms with E-state index < -0.39 is 17.7 Å². The van der Waals surface area contributed by atoms with Crippen LogP contribution in [0.25, 0.3) is 11.0 Å². The molecule has 1 atom stereocenters. The number of nitrogens with zero attached hydrogens (tertiary/aromatic N) is 1. The quantitative estimate of drug-likeness (QED) is 0.841. The lowest BCUT2D eigenvalue weighted by atomic mass is 9.92. The predicted molar refractivity (Wildman–Crippen MR) is 94.3 cm³/mol. The highest BCUT2D eigenvalue weighted by molar-refractivity contribution is 5.86. The minimum absolute atomic E-state index is 0.161. The Labute approximate surface area is 150 Å². The van der Waals surface area contributed by atoms with E-state index in [1.165, 1.54) is 0 Å². The van der Waals surface area contributed by atoms with Crippen LogP contribution in [0.5, 0.6) is 5.75 Å². The molecular formula is C19H20N2O5. The van der Waals surface area contributed by atoms with Crippen LogP contribution in [0.15, 0.2) is 52.6 Å². The van der Waals surface area contributed by atoms with Gasteiger partial charge in [0.15, 0.2) is 11.8 Å². The number of primary amides is 1. The zero-order chi connectivity index (χ0) is 18.3. The van der Waals surface area contributed by atoms with Crippen molar-refractivity contribution < 1.29 is 23.8 Å². The van der Waals surface area contributed by atoms with Gasteiger partial charge in [-0.25, -0.2) is 0 Å². The first kappa shape index (κ1) is 16.7. The number of fused-ring (bicyclic) bond motifs is 1. The number of carbonyl (C=O) groups is 1. The van der Waals surface area contributed by atoms with Gasteiger partial charge in [0.25, 0.3) is 0 Å². The number of carbonyl (C=O) groups excluding carboxylic acids is 1. The van der Waals surface area contributed by atoms with Crippen LogP contribution in [0, 0.1) is 6.92 Å². The molecule has 1 aromatic heterocycles. The molecule has 3 N–H and O–H groups in total. The van der Waals surface area contributed by atoms with Crippen molar-refractivity contribution in [3.8, 4) is 5.75 Å². The number of aryl methyl sites for hydroxylation is 1. The molecule has 1 saturated heterocycles. The third-order valence-corrected chi connectivity index (χ3v) is 4.80. The van der Waals surface area contributed by atoms with Gasteiger partial charge in [-0.1, -0.05) is 6.08 Å². The molecule has 136 valence electrons. The highest BCUT2D eigenvalue weighted by atomic mass is 16.5. The van der Waals surface area contributed by atoms with Crippen LogP contribution in [-0.4, -0.2) is 47.5 Å². The molecule has 1 unspecified atom stereocenters. The fraction of sp³-hybridized carbons (Fsp3) is 0.316. The first-order chi connectivity index (χ1) is 12.5. The van der Waals surface area contributed by atoms with Crippen LogP contribution < -0.4 is 10.5 Å². The zero-order valence-corrected chi connectivity index (χ0v) is 14.3. The van der Waals surface area contributed by atoms with E-state index >= 15 is 0 Å². The molecule has 2 aliphatic heterocycles. The maximum absolute atomic E-state index is 11.9. The number of amides is 1. The molecule has 4 rings (SSSR count). The normalized spacial score (nSPS) is 21.4. The van der Waals surface area contributed by atoms with Gasteiger partial charge in [-0.3, -0.25) is 4.79 Å². The van der Waals surface area contributed by atoms with Gasteiger partial charge in [0.05, 0.1) is 13.2 Å². The number of rotatable bonds is 5. The standard InChI is InChI=1S/C19H20N2O5/c1-12-7-14-8-15(4-5-16(14)26-12)25-9-13-3-2-6-21(17(13)22)19(18(20)23)10-24-11-19/h2-8,17,22H,9-11H2,1H3,(H2,20,23). The minimum Gasteiger partial charge on any atom is -0.489 e. The Bertz CT molecular complexity index is 910. The number of hydrogen-bond acceptors (Lipinski definition) is 6. The molecule has 7 heteroatoms. The molecule has 2 aromatic rings. The number of benzene rings is 1. The summed E-state index contributed by atoms with van der Waals surface area (Å²) in [5, 5.41) is 11.6. The second kappa shape index (κ2) is 6.19. The summed E-state index contributed by atoms with van der Waals surface area (Å²) < 4.78 is 16.5. The lowest BCUT2D eigenvalue weighted by Gasteiger charge is -2.49. The van der Waals surface area contributed by atoms with Gasteiger partial charge >= 0.3 is 0 Å². The third-order valence-electron chi connectivity index (χ3n) is 4.80. The third kappa shape index (κ3) is 2.65. The van der Waals surface area contributed by atoms with Crippen LogP contribution in [0.3, 0.4) is 0 Å². The molecule has 2 aliphatic rings. The van der Waals surface area contributed by atoms with Gasteiger partial charge in [0.2, 0.25) is 5.91 Å². The lowest BCUT2D eigenvalue weighted by molar-refractivity contribution is -0.177. The molecule has 26 heavy (non-hydrogen) atoms. The van der Waals surface area contributed by atoms with Crippen molar-refractivity contribution in [3.05, 3.63) is 54.0 Å². The fourth-order valence-electron chi connectivity index (χ4n) is 3.23. The molecule has 0 spiro atoms. The van der Waals surface area contributed by atoms with Crippen molar-refractivity contribution >= 4 is 16.9 Å². The molecule has 0 aliphatic carbocycles. The van der Waals surface area contributed by atoms with Crippen molar-refractivity contribution in [1.29, 1.82) is 0 Å². The summed E-state index contributed by atoms with van der Waals surface area (Å²) in [6, 6.07) is 7.50. The summed E-state index contributed by atoms with van der Waals surface area (Å²) in [6.45, 7) is 2.40. The van der Waals surface area contributed by atoms with Crippen molar-refractivity contribution in [2.45, 2.75) is 18.7 Å². The number of hydrogen-bond donors (Lipinski definition) is 2. The van der Waals surface area contributed by atoms with Gasteiger partial charge < -0.3 is 29.6 Å². The largest absolute Gasteiger partial charge is 0.489 e. The molecular weight excluding hydrogens is 336 g/mol. The van der Waals surface area contributed by atoms with E-state index in [0.29, 0.717) is 11.3 Å². The van der Waals surface area contributed by atoms with E-state index in [-0.39, 0.29) is 19.8 Å². The van der Waals surface area contributed by atoms with Crippen LogP contribution >= 0.6 is 0 Å². The molecule has 0 saturated carbocycles. The van der Waals surface area contributed by atoms with Gasteiger partial charge in [-0.15, -0.1) is 0 Å². The summed E-state index contributed by atoms with van der Waals surface area (Å²) in [5.41, 5.74) is 5.94. The molecule has 0 bridgehead atoms. The first-order valence-corrected chi connectivity index (χ1v) is 8.34. The number of allylic oxidation sites excluding steroid dienone is 2. The van der Waals surface area contributed by atoms with E-state index in [1.807, 2.05) is 31.2 Å². The number of ether oxygens (including phenoxy) is 2. The van der Waals surface area contributed by atoms with Crippen molar-refractivity contribution in [1.82, 2.24) is 4.90 Å². The predicted octanol–water partition coefficient (Wildman–Crippen LogP) is 1.45. The maximum Gasteiger partial charge on any atom is 0.248 e. The van der Waals surface area contributed by atoms with Gasteiger partial charge in [0.1, 0.15) is 23.7 Å². The number of furan rings is 1. The van der Waals surface area contributed by atoms with E-state index in [0.717, 1.165) is 16.7 Å². The van der Waals surface area contributed by atoms with Crippen LogP contribution in [0.1, 0.15) is 5.76 Å². The Morgan fingerprint density at radius 2 is 2.23 bits per heavy atom. The second-order valence-electron chi connectivity index (χ2n) is 6.60. The Balaban J connectivity index is 1.48. The number of aliphatic hydroxyl groups is 1. The minimum atomic E-state index is -1.01. The van der Waals surface area contributed by atoms with Gasteiger partial charge in [0, 0.05) is 17.2 Å². The fourth-order valence-corrected chi connectivity index (χ4v) is 3.23. The van der Waals surface area contributed by atoms with Crippen LogP contribution in [0.2, 0.25) is 0 Å². The van der Waals surface area contributed by atoms with Gasteiger partial charge in [-0.05, 0) is 37.3 Å². The summed E-state index contributed by atoms with van der Waals surface area (Å²) >= 11 is 0. The smallest absolute Gasteiger partial charge is 0.248 e. The Hall–Kier alpha value is -2.77. The average Bonchev–Trinajstić information content (AvgIpc) is 2.93. The summed E-state index contributed by atoms with van der Waals surface area (Å²) in [4.78, 5) is 13.4. The van der Waals surface area contributed by atoms with Crippen LogP contribution in [0.4, 0.5) is 0 Å². The highest BCUT2D eigenvalue weighted by Gasteiger charge is 2.51. The van der Waals surface area contributed by atoms with E-state index in [9.17, 15) is 9.90 Å². The Morgan fingerprint density at radius 1 is 1.42 bits per heavy atom. The SMILES string of the molecule is Cc1cc2cc(OCC3=CC=CN(C4(C(N)=O)COC4)C3O)ccc2o1. The molecule has 0 radical (unpaired) electrons. The molecule has 1 amide bonds. The summed E-state index contributed by atoms with van der Waals surface area (Å²) in [5.74, 6) is 0.988. The van der Waals surface area contributed by atoms with E-state index in [2.05, 4.69) is 0 Å². The Kier molecular flexibility index (Phi) is 3.97. The second-order valence-corrected chi connectivity index (χ2v) is 6.60. The molecule has 7 nitrogen and oxygen atoms in total. The highest BCUT2D eigenvalue weighted by Crippen LogP contribution is 2.31. The number of aliphatic hydroxyl groups excluding tert-OH is 1. The number of nitrogens with two attached hydrogens (primary N) is 1. The average molecular weight is 356 g/mol.